The zero-order chi connectivity index (χ0) is 14.5. The molecule has 0 aliphatic heterocycles. The topological polar surface area (TPSA) is 121 Å². The molecule has 7 nitrogen and oxygen atoms in total. The van der Waals surface area contributed by atoms with Crippen molar-refractivity contribution in [3.63, 3.8) is 0 Å². The van der Waals surface area contributed by atoms with Crippen LogP contribution in [0.4, 0.5) is 0 Å². The number of carbonyl (C=O) groups is 2. The Morgan fingerprint density at radius 1 is 1.25 bits per heavy atom. The molecule has 9 heteroatoms. The normalized spacial score (nSPS) is 17.9. The first-order valence-corrected chi connectivity index (χ1v) is 7.61. The molecule has 1 aliphatic carbocycles. The summed E-state index contributed by atoms with van der Waals surface area (Å²) in [6.45, 7) is 0.157. The van der Waals surface area contributed by atoms with Crippen LogP contribution in [0.1, 0.15) is 38.5 Å². The maximum Gasteiger partial charge on any atom is 1.00 e. The minimum absolute atomic E-state index is 0. The molecule has 1 N–H and O–H groups in total. The number of hydrogen-bond acceptors (Lipinski definition) is 6. The Balaban J connectivity index is 0.00000361. The fourth-order valence-electron chi connectivity index (χ4n) is 2.09. The van der Waals surface area contributed by atoms with E-state index in [9.17, 15) is 22.6 Å². The number of aliphatic carboxylic acids is 1. The summed E-state index contributed by atoms with van der Waals surface area (Å²) in [6.07, 6.45) is 4.22. The van der Waals surface area contributed by atoms with E-state index in [0.29, 0.717) is 0 Å². The van der Waals surface area contributed by atoms with Crippen LogP contribution in [0.15, 0.2) is 0 Å². The van der Waals surface area contributed by atoms with Crippen LogP contribution in [0, 0.1) is 5.92 Å². The van der Waals surface area contributed by atoms with Crippen molar-refractivity contribution >= 4 is 22.1 Å². The largest absolute Gasteiger partial charge is 1.00 e. The van der Waals surface area contributed by atoms with Gasteiger partial charge >= 0.3 is 41.5 Å². The van der Waals surface area contributed by atoms with Gasteiger partial charge in [0.15, 0.2) is 5.25 Å². The van der Waals surface area contributed by atoms with Crippen molar-refractivity contribution in [1.29, 1.82) is 0 Å². The summed E-state index contributed by atoms with van der Waals surface area (Å²) in [4.78, 5) is 22.0. The number of carboxylic acid groups (broad SMARTS) is 1. The second kappa shape index (κ2) is 8.99. The van der Waals surface area contributed by atoms with E-state index in [1.165, 1.54) is 0 Å². The van der Waals surface area contributed by atoms with Crippen molar-refractivity contribution in [3.05, 3.63) is 0 Å². The van der Waals surface area contributed by atoms with Crippen LogP contribution in [0.5, 0.6) is 0 Å². The van der Waals surface area contributed by atoms with Crippen LogP contribution in [-0.2, 0) is 24.4 Å². The van der Waals surface area contributed by atoms with Gasteiger partial charge in [-0.05, 0) is 18.8 Å². The molecule has 1 aliphatic rings. The fraction of sp³-hybridized carbons (Fsp3) is 0.818. The number of carboxylic acids is 1. The molecule has 0 heterocycles. The molecule has 1 unspecified atom stereocenters. The van der Waals surface area contributed by atoms with Crippen molar-refractivity contribution in [3.8, 4) is 0 Å². The minimum atomic E-state index is -5.05. The van der Waals surface area contributed by atoms with Gasteiger partial charge in [0.2, 0.25) is 0 Å². The SMILES string of the molecule is O=C(CC(C(=O)O)S(=O)(=O)[O-])OCC1CCCCC1.[Na+]. The van der Waals surface area contributed by atoms with Gasteiger partial charge in [0.1, 0.15) is 10.1 Å². The van der Waals surface area contributed by atoms with Gasteiger partial charge in [0.05, 0.1) is 13.0 Å². The molecular weight excluding hydrogens is 299 g/mol. The van der Waals surface area contributed by atoms with Crippen LogP contribution >= 0.6 is 0 Å². The third kappa shape index (κ3) is 7.03. The van der Waals surface area contributed by atoms with E-state index in [2.05, 4.69) is 0 Å². The molecule has 0 spiro atoms. The van der Waals surface area contributed by atoms with Crippen molar-refractivity contribution in [1.82, 2.24) is 0 Å². The summed E-state index contributed by atoms with van der Waals surface area (Å²) in [5.74, 6) is -2.55. The Morgan fingerprint density at radius 3 is 2.25 bits per heavy atom. The van der Waals surface area contributed by atoms with E-state index in [0.717, 1.165) is 32.1 Å². The summed E-state index contributed by atoms with van der Waals surface area (Å²) >= 11 is 0. The standard InChI is InChI=1S/C11H18O7S.Na/c12-10(6-9(11(13)14)19(15,16)17)18-7-8-4-2-1-3-5-8;/h8-9H,1-7H2,(H,13,14)(H,15,16,17);/q;+1/p-1. The monoisotopic (exact) mass is 316 g/mol. The Labute approximate surface area is 140 Å². The summed E-state index contributed by atoms with van der Waals surface area (Å²) in [6, 6.07) is 0. The van der Waals surface area contributed by atoms with Crippen molar-refractivity contribution < 1.29 is 62.0 Å². The first-order valence-electron chi connectivity index (χ1n) is 6.14. The fourth-order valence-corrected chi connectivity index (χ4v) is 2.67. The van der Waals surface area contributed by atoms with Gasteiger partial charge in [-0.3, -0.25) is 9.59 Å². The first kappa shape index (κ1) is 19.9. The van der Waals surface area contributed by atoms with Gasteiger partial charge in [-0.15, -0.1) is 0 Å². The molecular formula is C11H17NaO7S. The van der Waals surface area contributed by atoms with Crippen molar-refractivity contribution in [2.45, 2.75) is 43.8 Å². The average Bonchev–Trinajstić information content (AvgIpc) is 2.33. The third-order valence-electron chi connectivity index (χ3n) is 3.18. The van der Waals surface area contributed by atoms with E-state index < -0.39 is 33.7 Å². The second-order valence-corrected chi connectivity index (χ2v) is 6.27. The Hall–Kier alpha value is -0.150. The smallest absolute Gasteiger partial charge is 0.747 e. The third-order valence-corrected chi connectivity index (χ3v) is 4.25. The molecule has 0 bridgehead atoms. The zero-order valence-electron chi connectivity index (χ0n) is 11.4. The molecule has 1 rings (SSSR count). The van der Waals surface area contributed by atoms with E-state index >= 15 is 0 Å². The summed E-state index contributed by atoms with van der Waals surface area (Å²) < 4.78 is 36.9. The molecule has 0 aromatic carbocycles. The number of hydrogen-bond donors (Lipinski definition) is 1. The molecule has 0 amide bonds. The average molecular weight is 316 g/mol. The summed E-state index contributed by atoms with van der Waals surface area (Å²) in [7, 11) is -5.05. The number of ether oxygens (including phenoxy) is 1. The maximum absolute atomic E-state index is 11.4. The van der Waals surface area contributed by atoms with Gasteiger partial charge in [0, 0.05) is 0 Å². The number of esters is 1. The van der Waals surface area contributed by atoms with Crippen LogP contribution in [0.2, 0.25) is 0 Å². The van der Waals surface area contributed by atoms with Gasteiger partial charge in [0.25, 0.3) is 0 Å². The molecule has 1 atom stereocenters. The second-order valence-electron chi connectivity index (χ2n) is 4.71. The van der Waals surface area contributed by atoms with E-state index in [4.69, 9.17) is 9.84 Å². The number of carbonyl (C=O) groups excluding carboxylic acids is 1. The van der Waals surface area contributed by atoms with Gasteiger partial charge in [-0.1, -0.05) is 19.3 Å². The molecule has 20 heavy (non-hydrogen) atoms. The van der Waals surface area contributed by atoms with E-state index in [1.54, 1.807) is 0 Å². The van der Waals surface area contributed by atoms with E-state index in [1.807, 2.05) is 0 Å². The molecule has 0 aromatic heterocycles. The molecule has 0 radical (unpaired) electrons. The van der Waals surface area contributed by atoms with E-state index in [-0.39, 0.29) is 42.1 Å². The molecule has 1 saturated carbocycles. The maximum atomic E-state index is 11.4. The quantitative estimate of drug-likeness (QED) is 0.327. The zero-order valence-corrected chi connectivity index (χ0v) is 14.2. The predicted octanol–water partition coefficient (Wildman–Crippen LogP) is -2.50. The van der Waals surface area contributed by atoms with Gasteiger partial charge in [-0.2, -0.15) is 0 Å². The van der Waals surface area contributed by atoms with Crippen LogP contribution in [-0.4, -0.2) is 41.9 Å². The van der Waals surface area contributed by atoms with Gasteiger partial charge < -0.3 is 14.4 Å². The Morgan fingerprint density at radius 2 is 1.80 bits per heavy atom. The van der Waals surface area contributed by atoms with Crippen molar-refractivity contribution in [2.24, 2.45) is 5.92 Å². The predicted molar refractivity (Wildman–Crippen MR) is 63.3 cm³/mol. The van der Waals surface area contributed by atoms with Crippen molar-refractivity contribution in [2.75, 3.05) is 6.61 Å². The Kier molecular flexibility index (Phi) is 8.92. The van der Waals surface area contributed by atoms with Crippen LogP contribution < -0.4 is 29.6 Å². The van der Waals surface area contributed by atoms with Crippen LogP contribution in [0.3, 0.4) is 0 Å². The van der Waals surface area contributed by atoms with Gasteiger partial charge in [-0.25, -0.2) is 8.42 Å². The molecule has 1 fully saturated rings. The molecule has 110 valence electrons. The number of rotatable bonds is 6. The minimum Gasteiger partial charge on any atom is -0.747 e. The van der Waals surface area contributed by atoms with Crippen LogP contribution in [0.25, 0.3) is 0 Å². The molecule has 0 aromatic rings. The summed E-state index contributed by atoms with van der Waals surface area (Å²) in [5, 5.41) is 6.32. The summed E-state index contributed by atoms with van der Waals surface area (Å²) in [5.41, 5.74) is 0. The Bertz CT molecular complexity index is 428. The first-order chi connectivity index (χ1) is 8.80. The molecule has 0 saturated heterocycles.